The topological polar surface area (TPSA) is 89.8 Å². The van der Waals surface area contributed by atoms with Crippen molar-refractivity contribution in [3.8, 4) is 23.1 Å². The fourth-order valence-electron chi connectivity index (χ4n) is 5.08. The average Bonchev–Trinajstić information content (AvgIpc) is 3.41. The first-order valence-corrected chi connectivity index (χ1v) is 19.5. The van der Waals surface area contributed by atoms with Gasteiger partial charge in [0.15, 0.2) is 6.23 Å². The molecule has 10 heteroatoms. The van der Waals surface area contributed by atoms with Gasteiger partial charge in [0, 0.05) is 24.6 Å². The SMILES string of the molecule is C[C@H](COCC[C@@H](C)Oc1nccc(-c2nn(C3CCCCO3)c3ccc(O[Si](C)(C)C(C)(C)C)cc23)n1)OCc1ccccc1. The summed E-state index contributed by atoms with van der Waals surface area (Å²) in [6.45, 7) is 17.7. The van der Waals surface area contributed by atoms with Gasteiger partial charge in [-0.2, -0.15) is 10.1 Å². The van der Waals surface area contributed by atoms with E-state index in [4.69, 9.17) is 33.5 Å². The molecule has 9 nitrogen and oxygen atoms in total. The van der Waals surface area contributed by atoms with Gasteiger partial charge in [-0.05, 0) is 81.1 Å². The molecular formula is C36H50N4O5Si. The van der Waals surface area contributed by atoms with Crippen LogP contribution in [-0.4, -0.2) is 60.1 Å². The summed E-state index contributed by atoms with van der Waals surface area (Å²) >= 11 is 0. The van der Waals surface area contributed by atoms with E-state index < -0.39 is 8.32 Å². The van der Waals surface area contributed by atoms with E-state index in [0.717, 1.165) is 53.8 Å². The van der Waals surface area contributed by atoms with Crippen LogP contribution in [0, 0.1) is 0 Å². The third-order valence-electron chi connectivity index (χ3n) is 8.87. The van der Waals surface area contributed by atoms with Crippen LogP contribution in [0.1, 0.15) is 72.1 Å². The second kappa shape index (κ2) is 15.1. The zero-order chi connectivity index (χ0) is 32.7. The lowest BCUT2D eigenvalue weighted by Gasteiger charge is -2.36. The number of rotatable bonds is 14. The predicted octanol–water partition coefficient (Wildman–Crippen LogP) is 8.36. The van der Waals surface area contributed by atoms with Crippen LogP contribution in [0.3, 0.4) is 0 Å². The van der Waals surface area contributed by atoms with Crippen molar-refractivity contribution >= 4 is 19.2 Å². The second-order valence-electron chi connectivity index (χ2n) is 13.8. The second-order valence-corrected chi connectivity index (χ2v) is 18.5. The largest absolute Gasteiger partial charge is 0.543 e. The summed E-state index contributed by atoms with van der Waals surface area (Å²) in [7, 11) is -2.04. The van der Waals surface area contributed by atoms with Crippen molar-refractivity contribution in [1.29, 1.82) is 0 Å². The lowest BCUT2D eigenvalue weighted by Crippen LogP contribution is -2.43. The Bertz CT molecular complexity index is 1550. The maximum atomic E-state index is 6.69. The van der Waals surface area contributed by atoms with Crippen LogP contribution in [0.4, 0.5) is 0 Å². The summed E-state index contributed by atoms with van der Waals surface area (Å²) in [6.07, 6.45) is 5.29. The molecule has 0 bridgehead atoms. The minimum Gasteiger partial charge on any atom is -0.543 e. The molecule has 0 radical (unpaired) electrons. The van der Waals surface area contributed by atoms with Crippen LogP contribution in [0.15, 0.2) is 60.8 Å². The van der Waals surface area contributed by atoms with Crippen molar-refractivity contribution in [2.45, 2.75) is 103 Å². The first kappa shape index (κ1) is 34.0. The number of aromatic nitrogens is 4. The minimum atomic E-state index is -2.04. The monoisotopic (exact) mass is 646 g/mol. The van der Waals surface area contributed by atoms with E-state index in [1.165, 1.54) is 0 Å². The quantitative estimate of drug-likeness (QED) is 0.0998. The molecule has 1 saturated heterocycles. The molecule has 0 saturated carbocycles. The molecule has 0 amide bonds. The number of fused-ring (bicyclic) bond motifs is 1. The van der Waals surface area contributed by atoms with E-state index in [1.54, 1.807) is 6.20 Å². The van der Waals surface area contributed by atoms with E-state index in [2.05, 4.69) is 69.2 Å². The number of nitrogens with zero attached hydrogens (tertiary/aromatic N) is 4. The van der Waals surface area contributed by atoms with E-state index in [9.17, 15) is 0 Å². The first-order chi connectivity index (χ1) is 22.0. The lowest BCUT2D eigenvalue weighted by molar-refractivity contribution is -0.0365. The van der Waals surface area contributed by atoms with E-state index in [1.807, 2.05) is 42.8 Å². The molecule has 0 spiro atoms. The summed E-state index contributed by atoms with van der Waals surface area (Å²) in [5.74, 6) is 0.850. The number of hydrogen-bond donors (Lipinski definition) is 0. The summed E-state index contributed by atoms with van der Waals surface area (Å²) in [5.41, 5.74) is 3.61. The molecule has 46 heavy (non-hydrogen) atoms. The molecule has 3 heterocycles. The Morgan fingerprint density at radius 2 is 1.83 bits per heavy atom. The molecule has 1 unspecified atom stereocenters. The third kappa shape index (κ3) is 8.73. The maximum absolute atomic E-state index is 6.69. The number of benzene rings is 2. The predicted molar refractivity (Wildman–Crippen MR) is 184 cm³/mol. The average molecular weight is 647 g/mol. The van der Waals surface area contributed by atoms with Gasteiger partial charge in [-0.25, -0.2) is 9.67 Å². The molecule has 5 rings (SSSR count). The molecule has 248 valence electrons. The van der Waals surface area contributed by atoms with Crippen LogP contribution in [0.25, 0.3) is 22.3 Å². The summed E-state index contributed by atoms with van der Waals surface area (Å²) in [4.78, 5) is 9.21. The summed E-state index contributed by atoms with van der Waals surface area (Å²) in [5, 5.41) is 6.13. The Balaban J connectivity index is 1.26. The van der Waals surface area contributed by atoms with Crippen LogP contribution in [0.5, 0.6) is 11.8 Å². The molecular weight excluding hydrogens is 597 g/mol. The highest BCUT2D eigenvalue weighted by atomic mass is 28.4. The highest BCUT2D eigenvalue weighted by molar-refractivity contribution is 6.74. The Morgan fingerprint density at radius 1 is 1.02 bits per heavy atom. The number of hydrogen-bond acceptors (Lipinski definition) is 8. The lowest BCUT2D eigenvalue weighted by atomic mass is 10.1. The van der Waals surface area contributed by atoms with Gasteiger partial charge in [-0.15, -0.1) is 0 Å². The fourth-order valence-corrected chi connectivity index (χ4v) is 6.11. The van der Waals surface area contributed by atoms with E-state index in [0.29, 0.717) is 37.9 Å². The highest BCUT2D eigenvalue weighted by Gasteiger charge is 2.39. The van der Waals surface area contributed by atoms with Gasteiger partial charge in [0.05, 0.1) is 37.1 Å². The van der Waals surface area contributed by atoms with Gasteiger partial charge in [0.2, 0.25) is 8.32 Å². The first-order valence-electron chi connectivity index (χ1n) is 16.6. The van der Waals surface area contributed by atoms with Crippen LogP contribution in [0.2, 0.25) is 18.1 Å². The van der Waals surface area contributed by atoms with Crippen LogP contribution >= 0.6 is 0 Å². The molecule has 2 aromatic heterocycles. The van der Waals surface area contributed by atoms with E-state index >= 15 is 0 Å². The zero-order valence-electron chi connectivity index (χ0n) is 28.5. The van der Waals surface area contributed by atoms with Crippen molar-refractivity contribution in [2.24, 2.45) is 0 Å². The normalized spacial score (nSPS) is 17.2. The molecule has 3 atom stereocenters. The Hall–Kier alpha value is -3.31. The maximum Gasteiger partial charge on any atom is 0.317 e. The van der Waals surface area contributed by atoms with Crippen molar-refractivity contribution in [3.63, 3.8) is 0 Å². The minimum absolute atomic E-state index is 0.00196. The van der Waals surface area contributed by atoms with Crippen LogP contribution in [-0.2, 0) is 20.8 Å². The van der Waals surface area contributed by atoms with Crippen molar-refractivity contribution in [3.05, 3.63) is 66.4 Å². The Morgan fingerprint density at radius 3 is 2.57 bits per heavy atom. The fraction of sp³-hybridized carbons (Fsp3) is 0.528. The van der Waals surface area contributed by atoms with Gasteiger partial charge in [-0.1, -0.05) is 51.1 Å². The standard InChI is InChI=1S/C36H50N4O5Si/c1-26(19-22-41-24-27(2)43-25-28-13-9-8-10-14-28)44-35-37-20-18-31(38-35)34-30-23-29(45-46(6,7)36(3,4)5)16-17-32(30)40(39-34)33-15-11-12-21-42-33/h8-10,13-14,16-18,20,23,26-27,33H,11-12,15,19,21-22,24-25H2,1-7H3/t26-,27-,33?/m1/s1. The van der Waals surface area contributed by atoms with Crippen molar-refractivity contribution in [1.82, 2.24) is 19.7 Å². The van der Waals surface area contributed by atoms with Gasteiger partial charge in [0.25, 0.3) is 0 Å². The van der Waals surface area contributed by atoms with Crippen molar-refractivity contribution < 1.29 is 23.4 Å². The Labute approximate surface area is 274 Å². The molecule has 1 fully saturated rings. The smallest absolute Gasteiger partial charge is 0.317 e. The molecule has 0 N–H and O–H groups in total. The zero-order valence-corrected chi connectivity index (χ0v) is 29.5. The number of ether oxygens (including phenoxy) is 4. The van der Waals surface area contributed by atoms with Crippen molar-refractivity contribution in [2.75, 3.05) is 19.8 Å². The summed E-state index contributed by atoms with van der Waals surface area (Å²) in [6, 6.07) is 18.6. The van der Waals surface area contributed by atoms with Crippen LogP contribution < -0.4 is 9.16 Å². The van der Waals surface area contributed by atoms with E-state index in [-0.39, 0.29) is 23.5 Å². The molecule has 2 aromatic carbocycles. The van der Waals surface area contributed by atoms with Gasteiger partial charge in [-0.3, -0.25) is 0 Å². The molecule has 1 aliphatic heterocycles. The summed E-state index contributed by atoms with van der Waals surface area (Å²) < 4.78 is 32.8. The van der Waals surface area contributed by atoms with Gasteiger partial charge < -0.3 is 23.4 Å². The molecule has 4 aromatic rings. The van der Waals surface area contributed by atoms with Gasteiger partial charge >= 0.3 is 6.01 Å². The molecule has 1 aliphatic rings. The highest BCUT2D eigenvalue weighted by Crippen LogP contribution is 2.39. The Kier molecular flexibility index (Phi) is 11.1. The van der Waals surface area contributed by atoms with Gasteiger partial charge in [0.1, 0.15) is 17.5 Å². The third-order valence-corrected chi connectivity index (χ3v) is 13.2. The molecule has 0 aliphatic carbocycles.